The van der Waals surface area contributed by atoms with Gasteiger partial charge in [0.1, 0.15) is 5.92 Å². The van der Waals surface area contributed by atoms with E-state index in [0.29, 0.717) is 0 Å². The lowest BCUT2D eigenvalue weighted by Crippen LogP contribution is -2.46. The molecule has 2 amide bonds. The van der Waals surface area contributed by atoms with Gasteiger partial charge in [0.05, 0.1) is 6.54 Å². The van der Waals surface area contributed by atoms with Crippen LogP contribution in [-0.4, -0.2) is 35.5 Å². The molecule has 1 rings (SSSR count). The summed E-state index contributed by atoms with van der Waals surface area (Å²) in [6, 6.07) is 0.229. The molecule has 0 aromatic rings. The number of aliphatic carboxylic acids is 1. The number of hydrogen-bond acceptors (Lipinski definition) is 3. The standard InChI is InChI=1S/C12H20N2O4/c1-12(2,3)9(11(17)18)10(16)13-6-8(15)14-7-4-5-7/h7,9H,4-6H2,1-3H3,(H,13,16)(H,14,15)(H,17,18). The molecule has 0 aromatic carbocycles. The number of amides is 2. The number of carbonyl (C=O) groups is 3. The number of nitrogens with one attached hydrogen (secondary N) is 2. The molecule has 18 heavy (non-hydrogen) atoms. The van der Waals surface area contributed by atoms with Gasteiger partial charge < -0.3 is 15.7 Å². The van der Waals surface area contributed by atoms with Crippen molar-refractivity contribution in [2.45, 2.75) is 39.7 Å². The summed E-state index contributed by atoms with van der Waals surface area (Å²) in [7, 11) is 0. The van der Waals surface area contributed by atoms with Gasteiger partial charge >= 0.3 is 5.97 Å². The average Bonchev–Trinajstić information content (AvgIpc) is 2.95. The van der Waals surface area contributed by atoms with E-state index in [4.69, 9.17) is 5.11 Å². The molecule has 1 fully saturated rings. The summed E-state index contributed by atoms with van der Waals surface area (Å²) in [6.07, 6.45) is 1.94. The molecule has 6 nitrogen and oxygen atoms in total. The maximum absolute atomic E-state index is 11.8. The minimum atomic E-state index is -1.18. The summed E-state index contributed by atoms with van der Waals surface area (Å²) in [5, 5.41) is 14.1. The molecular weight excluding hydrogens is 236 g/mol. The highest BCUT2D eigenvalue weighted by Gasteiger charge is 2.37. The Labute approximate surface area is 106 Å². The predicted octanol–water partition coefficient (Wildman–Crippen LogP) is 0.128. The summed E-state index contributed by atoms with van der Waals surface area (Å²) >= 11 is 0. The lowest BCUT2D eigenvalue weighted by Gasteiger charge is -2.25. The SMILES string of the molecule is CC(C)(C)C(C(=O)O)C(=O)NCC(=O)NC1CC1. The highest BCUT2D eigenvalue weighted by atomic mass is 16.4. The Hall–Kier alpha value is -1.59. The van der Waals surface area contributed by atoms with Crippen LogP contribution < -0.4 is 10.6 Å². The first-order chi connectivity index (χ1) is 8.21. The van der Waals surface area contributed by atoms with Crippen LogP contribution in [0.15, 0.2) is 0 Å². The Morgan fingerprint density at radius 3 is 2.22 bits per heavy atom. The van der Waals surface area contributed by atoms with E-state index in [0.717, 1.165) is 12.8 Å². The van der Waals surface area contributed by atoms with E-state index in [1.165, 1.54) is 0 Å². The van der Waals surface area contributed by atoms with Crippen LogP contribution in [0.2, 0.25) is 0 Å². The van der Waals surface area contributed by atoms with Crippen LogP contribution in [0.25, 0.3) is 0 Å². The number of carbonyl (C=O) groups excluding carboxylic acids is 2. The molecule has 0 spiro atoms. The Balaban J connectivity index is 2.46. The quantitative estimate of drug-likeness (QED) is 0.609. The first-order valence-electron chi connectivity index (χ1n) is 6.01. The lowest BCUT2D eigenvalue weighted by molar-refractivity contribution is -0.152. The second-order valence-corrected chi connectivity index (χ2v) is 5.70. The van der Waals surface area contributed by atoms with Gasteiger partial charge in [-0.2, -0.15) is 0 Å². The summed E-state index contributed by atoms with van der Waals surface area (Å²) in [4.78, 5) is 34.2. The van der Waals surface area contributed by atoms with E-state index >= 15 is 0 Å². The Kier molecular flexibility index (Phi) is 4.32. The van der Waals surface area contributed by atoms with E-state index in [-0.39, 0.29) is 18.5 Å². The first-order valence-corrected chi connectivity index (χ1v) is 6.01. The van der Waals surface area contributed by atoms with Crippen molar-refractivity contribution in [3.05, 3.63) is 0 Å². The number of carboxylic acid groups (broad SMARTS) is 1. The van der Waals surface area contributed by atoms with Crippen molar-refractivity contribution < 1.29 is 19.5 Å². The van der Waals surface area contributed by atoms with E-state index in [9.17, 15) is 14.4 Å². The minimum Gasteiger partial charge on any atom is -0.481 e. The Morgan fingerprint density at radius 2 is 1.83 bits per heavy atom. The molecule has 1 saturated carbocycles. The van der Waals surface area contributed by atoms with Gasteiger partial charge in [0, 0.05) is 6.04 Å². The van der Waals surface area contributed by atoms with E-state index in [2.05, 4.69) is 10.6 Å². The van der Waals surface area contributed by atoms with Crippen molar-refractivity contribution in [1.29, 1.82) is 0 Å². The van der Waals surface area contributed by atoms with Crippen molar-refractivity contribution >= 4 is 17.8 Å². The van der Waals surface area contributed by atoms with Gasteiger partial charge in [0.2, 0.25) is 11.8 Å². The molecule has 0 saturated heterocycles. The predicted molar refractivity (Wildman–Crippen MR) is 64.8 cm³/mol. The maximum Gasteiger partial charge on any atom is 0.316 e. The smallest absolute Gasteiger partial charge is 0.316 e. The topological polar surface area (TPSA) is 95.5 Å². The molecule has 6 heteroatoms. The van der Waals surface area contributed by atoms with Gasteiger partial charge in [-0.1, -0.05) is 20.8 Å². The van der Waals surface area contributed by atoms with Gasteiger partial charge in [-0.05, 0) is 18.3 Å². The van der Waals surface area contributed by atoms with Crippen LogP contribution in [0.4, 0.5) is 0 Å². The third kappa shape index (κ3) is 4.35. The number of carboxylic acids is 1. The molecule has 1 aliphatic rings. The van der Waals surface area contributed by atoms with Gasteiger partial charge in [-0.15, -0.1) is 0 Å². The van der Waals surface area contributed by atoms with Crippen molar-refractivity contribution in [1.82, 2.24) is 10.6 Å². The van der Waals surface area contributed by atoms with Crippen molar-refractivity contribution in [3.8, 4) is 0 Å². The molecule has 1 aliphatic carbocycles. The summed E-state index contributed by atoms with van der Waals surface area (Å²) in [5.74, 6) is -3.24. The van der Waals surface area contributed by atoms with Crippen molar-refractivity contribution in [2.24, 2.45) is 11.3 Å². The number of hydrogen-bond donors (Lipinski definition) is 3. The lowest BCUT2D eigenvalue weighted by atomic mass is 9.80. The van der Waals surface area contributed by atoms with Crippen molar-refractivity contribution in [3.63, 3.8) is 0 Å². The fourth-order valence-electron chi connectivity index (χ4n) is 1.65. The Morgan fingerprint density at radius 1 is 1.28 bits per heavy atom. The molecule has 1 atom stereocenters. The average molecular weight is 256 g/mol. The third-order valence-corrected chi connectivity index (χ3v) is 2.74. The second kappa shape index (κ2) is 5.37. The summed E-state index contributed by atoms with van der Waals surface area (Å²) < 4.78 is 0. The zero-order chi connectivity index (χ0) is 13.9. The molecular formula is C12H20N2O4. The minimum absolute atomic E-state index is 0.171. The second-order valence-electron chi connectivity index (χ2n) is 5.70. The van der Waals surface area contributed by atoms with Crippen LogP contribution in [-0.2, 0) is 14.4 Å². The molecule has 0 bridgehead atoms. The van der Waals surface area contributed by atoms with E-state index in [1.807, 2.05) is 0 Å². The summed E-state index contributed by atoms with van der Waals surface area (Å²) in [5.41, 5.74) is -0.692. The molecule has 0 radical (unpaired) electrons. The van der Waals surface area contributed by atoms with Gasteiger partial charge in [0.15, 0.2) is 0 Å². The van der Waals surface area contributed by atoms with E-state index in [1.54, 1.807) is 20.8 Å². The largest absolute Gasteiger partial charge is 0.481 e. The molecule has 102 valence electrons. The molecule has 0 heterocycles. The van der Waals surface area contributed by atoms with E-state index < -0.39 is 23.2 Å². The number of rotatable bonds is 5. The summed E-state index contributed by atoms with van der Waals surface area (Å²) in [6.45, 7) is 4.86. The fourth-order valence-corrected chi connectivity index (χ4v) is 1.65. The Bertz CT molecular complexity index is 356. The van der Waals surface area contributed by atoms with Crippen LogP contribution in [0.3, 0.4) is 0 Å². The van der Waals surface area contributed by atoms with Crippen LogP contribution in [0, 0.1) is 11.3 Å². The molecule has 0 aliphatic heterocycles. The highest BCUT2D eigenvalue weighted by Crippen LogP contribution is 2.26. The maximum atomic E-state index is 11.8. The zero-order valence-electron chi connectivity index (χ0n) is 10.9. The van der Waals surface area contributed by atoms with Crippen LogP contribution >= 0.6 is 0 Å². The molecule has 0 aromatic heterocycles. The van der Waals surface area contributed by atoms with Crippen LogP contribution in [0.5, 0.6) is 0 Å². The first kappa shape index (κ1) is 14.5. The highest BCUT2D eigenvalue weighted by molar-refractivity contribution is 5.99. The molecule has 1 unspecified atom stereocenters. The van der Waals surface area contributed by atoms with Gasteiger partial charge in [0.25, 0.3) is 0 Å². The monoisotopic (exact) mass is 256 g/mol. The fraction of sp³-hybridized carbons (Fsp3) is 0.750. The van der Waals surface area contributed by atoms with Crippen molar-refractivity contribution in [2.75, 3.05) is 6.54 Å². The third-order valence-electron chi connectivity index (χ3n) is 2.74. The zero-order valence-corrected chi connectivity index (χ0v) is 10.9. The van der Waals surface area contributed by atoms with Gasteiger partial charge in [-0.25, -0.2) is 0 Å². The normalized spacial score (nSPS) is 16.8. The molecule has 3 N–H and O–H groups in total. The van der Waals surface area contributed by atoms with Gasteiger partial charge in [-0.3, -0.25) is 14.4 Å². The van der Waals surface area contributed by atoms with Crippen LogP contribution in [0.1, 0.15) is 33.6 Å².